The van der Waals surface area contributed by atoms with Crippen molar-refractivity contribution in [2.75, 3.05) is 7.11 Å². The van der Waals surface area contributed by atoms with E-state index < -0.39 is 12.2 Å². The molecule has 2 rings (SSSR count). The van der Waals surface area contributed by atoms with Gasteiger partial charge < -0.3 is 9.47 Å². The number of hydrogen-bond acceptors (Lipinski definition) is 4. The average Bonchev–Trinajstić information content (AvgIpc) is 2.39. The number of nitrogens with zero attached hydrogens (tertiary/aromatic N) is 2. The molecule has 0 spiro atoms. The van der Waals surface area contributed by atoms with Crippen molar-refractivity contribution in [3.05, 3.63) is 27.8 Å². The second-order valence-electron chi connectivity index (χ2n) is 3.83. The van der Waals surface area contributed by atoms with Gasteiger partial charge in [-0.1, -0.05) is 0 Å². The van der Waals surface area contributed by atoms with Crippen LogP contribution in [0.2, 0.25) is 5.28 Å². The number of fused-ring (bicyclic) bond motifs is 1. The summed E-state index contributed by atoms with van der Waals surface area (Å²) in [6, 6.07) is 2.51. The maximum Gasteiger partial charge on any atom is 0.387 e. The Labute approximate surface area is 117 Å². The molecule has 0 N–H and O–H groups in total. The quantitative estimate of drug-likeness (QED) is 0.815. The van der Waals surface area contributed by atoms with Crippen LogP contribution in [0.3, 0.4) is 0 Å². The van der Waals surface area contributed by atoms with Gasteiger partial charge in [0.05, 0.1) is 18.0 Å². The second kappa shape index (κ2) is 5.62. The molecule has 0 aliphatic carbocycles. The van der Waals surface area contributed by atoms with E-state index in [1.807, 2.05) is 0 Å². The summed E-state index contributed by atoms with van der Waals surface area (Å²) >= 11 is 5.89. The number of alkyl halides is 2. The van der Waals surface area contributed by atoms with Gasteiger partial charge in [-0.2, -0.15) is 8.78 Å². The summed E-state index contributed by atoms with van der Waals surface area (Å²) in [6.45, 7) is -0.978. The zero-order valence-electron chi connectivity index (χ0n) is 10.7. The number of benzene rings is 1. The minimum absolute atomic E-state index is 0.0228. The fourth-order valence-corrected chi connectivity index (χ4v) is 2.11. The molecule has 0 bridgehead atoms. The molecule has 2 aromatic rings. The van der Waals surface area contributed by atoms with E-state index in [9.17, 15) is 13.6 Å². The Hall–Kier alpha value is -1.89. The van der Waals surface area contributed by atoms with E-state index in [1.54, 1.807) is 6.92 Å². The Morgan fingerprint density at radius 2 is 2.10 bits per heavy atom. The summed E-state index contributed by atoms with van der Waals surface area (Å²) in [4.78, 5) is 16.2. The highest BCUT2D eigenvalue weighted by Crippen LogP contribution is 2.32. The standard InChI is InChI=1S/C12H11ClF2N2O3/c1-3-17-10(18)6-4-9(20-12(14)15)8(19-2)5-7(6)16-11(17)13/h4-5,12H,3H2,1-2H3. The Balaban J connectivity index is 2.75. The number of hydrogen-bond donors (Lipinski definition) is 0. The Bertz CT molecular complexity index is 703. The minimum atomic E-state index is -3.02. The molecular formula is C12H11ClF2N2O3. The minimum Gasteiger partial charge on any atom is -0.493 e. The molecule has 0 fully saturated rings. The summed E-state index contributed by atoms with van der Waals surface area (Å²) < 4.78 is 35.2. The largest absolute Gasteiger partial charge is 0.493 e. The van der Waals surface area contributed by atoms with Gasteiger partial charge in [-0.15, -0.1) is 0 Å². The SMILES string of the molecule is CCn1c(Cl)nc2cc(OC)c(OC(F)F)cc2c1=O. The summed E-state index contributed by atoms with van der Waals surface area (Å²) in [6.07, 6.45) is 0. The van der Waals surface area contributed by atoms with Gasteiger partial charge >= 0.3 is 6.61 Å². The van der Waals surface area contributed by atoms with Crippen molar-refractivity contribution in [1.82, 2.24) is 9.55 Å². The van der Waals surface area contributed by atoms with E-state index in [2.05, 4.69) is 9.72 Å². The van der Waals surface area contributed by atoms with Gasteiger partial charge in [-0.3, -0.25) is 9.36 Å². The molecule has 1 aromatic heterocycles. The third kappa shape index (κ3) is 2.53. The fraction of sp³-hybridized carbons (Fsp3) is 0.333. The number of ether oxygens (including phenoxy) is 2. The van der Waals surface area contributed by atoms with Gasteiger partial charge in [-0.05, 0) is 24.6 Å². The number of halogens is 3. The molecular weight excluding hydrogens is 294 g/mol. The number of aromatic nitrogens is 2. The molecule has 8 heteroatoms. The molecule has 0 unspecified atom stereocenters. The van der Waals surface area contributed by atoms with Crippen molar-refractivity contribution in [3.8, 4) is 11.5 Å². The molecule has 108 valence electrons. The summed E-state index contributed by atoms with van der Waals surface area (Å²) in [5, 5.41) is 0.155. The molecule has 0 saturated carbocycles. The first-order valence-electron chi connectivity index (χ1n) is 5.70. The van der Waals surface area contributed by atoms with Crippen LogP contribution in [0.25, 0.3) is 10.9 Å². The number of methoxy groups -OCH3 is 1. The van der Waals surface area contributed by atoms with Crippen LogP contribution in [0.4, 0.5) is 8.78 Å². The molecule has 20 heavy (non-hydrogen) atoms. The van der Waals surface area contributed by atoms with E-state index in [-0.39, 0.29) is 27.7 Å². The lowest BCUT2D eigenvalue weighted by Gasteiger charge is -2.12. The predicted molar refractivity (Wildman–Crippen MR) is 69.9 cm³/mol. The summed E-state index contributed by atoms with van der Waals surface area (Å²) in [5.41, 5.74) is -0.174. The number of rotatable bonds is 4. The first-order chi connectivity index (χ1) is 9.47. The Kier molecular flexibility index (Phi) is 4.08. The van der Waals surface area contributed by atoms with Gasteiger partial charge in [0.2, 0.25) is 5.28 Å². The highest BCUT2D eigenvalue weighted by atomic mass is 35.5. The highest BCUT2D eigenvalue weighted by molar-refractivity contribution is 6.28. The van der Waals surface area contributed by atoms with Crippen LogP contribution in [0.5, 0.6) is 11.5 Å². The van der Waals surface area contributed by atoms with E-state index in [0.29, 0.717) is 6.54 Å². The van der Waals surface area contributed by atoms with Gasteiger partial charge in [0.25, 0.3) is 5.56 Å². The molecule has 1 heterocycles. The van der Waals surface area contributed by atoms with Crippen molar-refractivity contribution < 1.29 is 18.3 Å². The van der Waals surface area contributed by atoms with Crippen molar-refractivity contribution in [3.63, 3.8) is 0 Å². The zero-order valence-corrected chi connectivity index (χ0v) is 11.4. The van der Waals surface area contributed by atoms with Gasteiger partial charge in [0, 0.05) is 12.6 Å². The molecule has 0 aliphatic rings. The van der Waals surface area contributed by atoms with E-state index in [1.165, 1.54) is 23.8 Å². The highest BCUT2D eigenvalue weighted by Gasteiger charge is 2.16. The van der Waals surface area contributed by atoms with Crippen molar-refractivity contribution in [1.29, 1.82) is 0 Å². The van der Waals surface area contributed by atoms with Crippen molar-refractivity contribution >= 4 is 22.5 Å². The molecule has 5 nitrogen and oxygen atoms in total. The Morgan fingerprint density at radius 1 is 1.40 bits per heavy atom. The van der Waals surface area contributed by atoms with Crippen LogP contribution in [-0.4, -0.2) is 23.3 Å². The fourth-order valence-electron chi connectivity index (χ4n) is 1.82. The summed E-state index contributed by atoms with van der Waals surface area (Å²) in [5.74, 6) is -0.172. The van der Waals surface area contributed by atoms with Crippen LogP contribution < -0.4 is 15.0 Å². The van der Waals surface area contributed by atoms with Crippen LogP contribution in [0.1, 0.15) is 6.92 Å². The smallest absolute Gasteiger partial charge is 0.387 e. The maximum absolute atomic E-state index is 12.3. The van der Waals surface area contributed by atoms with Crippen LogP contribution in [0, 0.1) is 0 Å². The topological polar surface area (TPSA) is 53.4 Å². The van der Waals surface area contributed by atoms with E-state index in [0.717, 1.165) is 0 Å². The van der Waals surface area contributed by atoms with Gasteiger partial charge in [-0.25, -0.2) is 4.98 Å². The van der Waals surface area contributed by atoms with Crippen LogP contribution >= 0.6 is 11.6 Å². The Morgan fingerprint density at radius 3 is 2.65 bits per heavy atom. The molecule has 0 aliphatic heterocycles. The molecule has 1 aromatic carbocycles. The van der Waals surface area contributed by atoms with Crippen LogP contribution in [0.15, 0.2) is 16.9 Å². The second-order valence-corrected chi connectivity index (χ2v) is 4.17. The normalized spacial score (nSPS) is 11.1. The predicted octanol–water partition coefficient (Wildman–Crippen LogP) is 2.68. The molecule has 0 radical (unpaired) electrons. The lowest BCUT2D eigenvalue weighted by molar-refractivity contribution is -0.0511. The molecule has 0 saturated heterocycles. The van der Waals surface area contributed by atoms with Crippen molar-refractivity contribution in [2.45, 2.75) is 20.1 Å². The third-order valence-corrected chi connectivity index (χ3v) is 3.01. The maximum atomic E-state index is 12.3. The first kappa shape index (κ1) is 14.5. The lowest BCUT2D eigenvalue weighted by Crippen LogP contribution is -2.21. The van der Waals surface area contributed by atoms with E-state index >= 15 is 0 Å². The van der Waals surface area contributed by atoms with Crippen LogP contribution in [-0.2, 0) is 6.54 Å². The van der Waals surface area contributed by atoms with Gasteiger partial charge in [0.15, 0.2) is 11.5 Å². The lowest BCUT2D eigenvalue weighted by atomic mass is 10.2. The van der Waals surface area contributed by atoms with E-state index in [4.69, 9.17) is 16.3 Å². The summed E-state index contributed by atoms with van der Waals surface area (Å²) in [7, 11) is 1.30. The van der Waals surface area contributed by atoms with Crippen molar-refractivity contribution in [2.24, 2.45) is 0 Å². The monoisotopic (exact) mass is 304 g/mol. The average molecular weight is 305 g/mol. The first-order valence-corrected chi connectivity index (χ1v) is 6.08. The van der Waals surface area contributed by atoms with Gasteiger partial charge in [0.1, 0.15) is 0 Å². The third-order valence-electron chi connectivity index (χ3n) is 2.73. The molecule has 0 amide bonds. The molecule has 0 atom stereocenters. The zero-order chi connectivity index (χ0) is 14.9.